The minimum Gasteiger partial charge on any atom is -0.311 e. The summed E-state index contributed by atoms with van der Waals surface area (Å²) in [6.07, 6.45) is 0. The molecule has 0 atom stereocenters. The number of nitrogens with zero attached hydrogens (tertiary/aromatic N) is 2. The molecule has 0 N–H and O–H groups in total. The van der Waals surface area contributed by atoms with Gasteiger partial charge in [0.15, 0.2) is 0 Å². The van der Waals surface area contributed by atoms with E-state index in [1.165, 1.54) is 94.9 Å². The molecular weight excluding hydrogens is 861 g/mol. The highest BCUT2D eigenvalue weighted by atomic mass is 32.1. The average Bonchev–Trinajstić information content (AvgIpc) is 4.00. The van der Waals surface area contributed by atoms with Crippen molar-refractivity contribution in [3.8, 4) is 22.3 Å². The van der Waals surface area contributed by atoms with Crippen LogP contribution in [0.15, 0.2) is 243 Å². The smallest absolute Gasteiger partial charge is 0.0462 e. The standard InChI is InChI=1S/C64H40N2S2/c1-5-15-45(16-6-1)65(46-17-7-2-8-18-46)49-33-27-41(28-34-49)43-31-37-51-57(39-43)67-63-55-25-14-24-54-60(55)59-53(61(51)63)23-13-26-56(59)64-62(54)52-38-32-44(40-58(52)68-64)42-29-35-50(36-30-42)66(47-19-9-3-10-20-47)48-21-11-4-12-22-48/h1-40H. The number of benzene rings is 12. The molecule has 0 unspecified atom stereocenters. The lowest BCUT2D eigenvalue weighted by atomic mass is 9.89. The maximum atomic E-state index is 2.41. The minimum absolute atomic E-state index is 1.13. The van der Waals surface area contributed by atoms with Crippen LogP contribution in [0.2, 0.25) is 0 Å². The van der Waals surface area contributed by atoms with Gasteiger partial charge in [-0.3, -0.25) is 0 Å². The van der Waals surface area contributed by atoms with E-state index in [4.69, 9.17) is 0 Å². The lowest BCUT2D eigenvalue weighted by molar-refractivity contribution is 1.28. The van der Waals surface area contributed by atoms with Crippen LogP contribution >= 0.6 is 22.7 Å². The van der Waals surface area contributed by atoms with E-state index >= 15 is 0 Å². The largest absolute Gasteiger partial charge is 0.311 e. The topological polar surface area (TPSA) is 6.48 Å². The highest BCUT2D eigenvalue weighted by Crippen LogP contribution is 2.52. The van der Waals surface area contributed by atoms with Crippen molar-refractivity contribution in [3.63, 3.8) is 0 Å². The Bertz CT molecular complexity index is 3810. The summed E-state index contributed by atoms with van der Waals surface area (Å²) in [5.74, 6) is 0. The van der Waals surface area contributed by atoms with E-state index in [0.717, 1.165) is 34.1 Å². The van der Waals surface area contributed by atoms with Gasteiger partial charge in [-0.1, -0.05) is 158 Å². The molecule has 12 aromatic carbocycles. The fraction of sp³-hybridized carbons (Fsp3) is 0. The van der Waals surface area contributed by atoms with Crippen molar-refractivity contribution in [1.82, 2.24) is 0 Å². The van der Waals surface area contributed by atoms with E-state index in [1.54, 1.807) is 0 Å². The molecule has 14 rings (SSSR count). The molecule has 0 saturated carbocycles. The lowest BCUT2D eigenvalue weighted by Crippen LogP contribution is -2.09. The molecule has 0 amide bonds. The van der Waals surface area contributed by atoms with Crippen molar-refractivity contribution in [2.24, 2.45) is 0 Å². The average molecular weight is 901 g/mol. The van der Waals surface area contributed by atoms with Gasteiger partial charge in [0.2, 0.25) is 0 Å². The Morgan fingerprint density at radius 2 is 0.529 bits per heavy atom. The first kappa shape index (κ1) is 38.9. The van der Waals surface area contributed by atoms with Gasteiger partial charge in [0.05, 0.1) is 0 Å². The van der Waals surface area contributed by atoms with E-state index < -0.39 is 0 Å². The summed E-state index contributed by atoms with van der Waals surface area (Å²) >= 11 is 3.87. The van der Waals surface area contributed by atoms with Crippen LogP contribution in [-0.4, -0.2) is 0 Å². The lowest BCUT2D eigenvalue weighted by Gasteiger charge is -2.25. The third-order valence-electron chi connectivity index (χ3n) is 13.8. The van der Waals surface area contributed by atoms with Crippen molar-refractivity contribution in [2.45, 2.75) is 0 Å². The molecule has 0 bridgehead atoms. The predicted octanol–water partition coefficient (Wildman–Crippen LogP) is 19.6. The zero-order valence-electron chi connectivity index (χ0n) is 36.8. The van der Waals surface area contributed by atoms with Crippen molar-refractivity contribution < 1.29 is 0 Å². The molecule has 68 heavy (non-hydrogen) atoms. The molecule has 0 aliphatic rings. The zero-order valence-corrected chi connectivity index (χ0v) is 38.4. The second kappa shape index (κ2) is 15.7. The van der Waals surface area contributed by atoms with Crippen LogP contribution in [0, 0.1) is 0 Å². The maximum Gasteiger partial charge on any atom is 0.0462 e. The molecule has 0 radical (unpaired) electrons. The van der Waals surface area contributed by atoms with Gasteiger partial charge in [-0.15, -0.1) is 22.7 Å². The van der Waals surface area contributed by atoms with Gasteiger partial charge in [0.25, 0.3) is 0 Å². The van der Waals surface area contributed by atoms with E-state index in [-0.39, 0.29) is 0 Å². The molecule has 0 saturated heterocycles. The molecule has 14 aromatic rings. The first-order chi connectivity index (χ1) is 33.7. The van der Waals surface area contributed by atoms with Gasteiger partial charge >= 0.3 is 0 Å². The second-order valence-electron chi connectivity index (χ2n) is 17.6. The minimum atomic E-state index is 1.13. The summed E-state index contributed by atoms with van der Waals surface area (Å²) in [5.41, 5.74) is 11.7. The molecular formula is C64H40N2S2. The maximum absolute atomic E-state index is 2.41. The number of hydrogen-bond acceptors (Lipinski definition) is 4. The van der Waals surface area contributed by atoms with E-state index in [2.05, 4.69) is 252 Å². The molecule has 0 aliphatic carbocycles. The molecule has 4 heteroatoms. The summed E-state index contributed by atoms with van der Waals surface area (Å²) in [7, 11) is 0. The fourth-order valence-electron chi connectivity index (χ4n) is 10.7. The van der Waals surface area contributed by atoms with Crippen LogP contribution in [0.25, 0.3) is 94.9 Å². The van der Waals surface area contributed by atoms with Gasteiger partial charge in [0, 0.05) is 85.2 Å². The van der Waals surface area contributed by atoms with Crippen LogP contribution in [0.3, 0.4) is 0 Å². The highest BCUT2D eigenvalue weighted by Gasteiger charge is 2.23. The fourth-order valence-corrected chi connectivity index (χ4v) is 13.3. The number of fused-ring (bicyclic) bond motifs is 10. The summed E-state index contributed by atoms with van der Waals surface area (Å²) in [6.45, 7) is 0. The summed E-state index contributed by atoms with van der Waals surface area (Å²) in [4.78, 5) is 4.63. The van der Waals surface area contributed by atoms with E-state index in [1.807, 2.05) is 22.7 Å². The van der Waals surface area contributed by atoms with Crippen LogP contribution in [0.1, 0.15) is 0 Å². The Morgan fingerprint density at radius 3 is 0.882 bits per heavy atom. The SMILES string of the molecule is c1ccc(N(c2ccccc2)c2ccc(-c3ccc4c(c3)sc3c5cccc6c7c8ccc(-c9ccc(N(c%10ccccc%10)c%10ccccc%10)cc9)cc8sc7c7cccc(c43)c7c56)cc2)cc1. The molecule has 0 spiro atoms. The van der Waals surface area contributed by atoms with Crippen LogP contribution in [-0.2, 0) is 0 Å². The first-order valence-electron chi connectivity index (χ1n) is 23.2. The van der Waals surface area contributed by atoms with E-state index in [9.17, 15) is 0 Å². The Morgan fingerprint density at radius 1 is 0.221 bits per heavy atom. The second-order valence-corrected chi connectivity index (χ2v) is 19.7. The van der Waals surface area contributed by atoms with Gasteiger partial charge in [-0.25, -0.2) is 0 Å². The number of thiophene rings is 2. The molecule has 2 heterocycles. The molecule has 0 aliphatic heterocycles. The summed E-state index contributed by atoms with van der Waals surface area (Å²) in [6, 6.07) is 88.6. The van der Waals surface area contributed by atoms with Crippen LogP contribution in [0.4, 0.5) is 34.1 Å². The molecule has 2 nitrogen and oxygen atoms in total. The number of para-hydroxylation sites is 4. The van der Waals surface area contributed by atoms with Crippen molar-refractivity contribution in [2.75, 3.05) is 9.80 Å². The Balaban J connectivity index is 0.863. The summed E-state index contributed by atoms with van der Waals surface area (Å²) < 4.78 is 5.35. The highest BCUT2D eigenvalue weighted by molar-refractivity contribution is 7.27. The predicted molar refractivity (Wildman–Crippen MR) is 296 cm³/mol. The van der Waals surface area contributed by atoms with Gasteiger partial charge in [0.1, 0.15) is 0 Å². The van der Waals surface area contributed by atoms with Crippen molar-refractivity contribution >= 4 is 129 Å². The summed E-state index contributed by atoms with van der Waals surface area (Å²) in [5, 5.41) is 13.5. The first-order valence-corrected chi connectivity index (χ1v) is 24.8. The molecule has 2 aromatic heterocycles. The van der Waals surface area contributed by atoms with Crippen molar-refractivity contribution in [1.29, 1.82) is 0 Å². The monoisotopic (exact) mass is 900 g/mol. The van der Waals surface area contributed by atoms with Crippen LogP contribution < -0.4 is 9.80 Å². The Labute approximate surface area is 401 Å². The molecule has 318 valence electrons. The van der Waals surface area contributed by atoms with Gasteiger partial charge in [-0.2, -0.15) is 0 Å². The zero-order chi connectivity index (χ0) is 44.7. The Hall–Kier alpha value is -8.28. The number of anilines is 6. The third-order valence-corrected chi connectivity index (χ3v) is 16.1. The third kappa shape index (κ3) is 6.15. The van der Waals surface area contributed by atoms with E-state index in [0.29, 0.717) is 0 Å². The van der Waals surface area contributed by atoms with Crippen molar-refractivity contribution in [3.05, 3.63) is 243 Å². The van der Waals surface area contributed by atoms with Gasteiger partial charge in [-0.05, 0) is 129 Å². The van der Waals surface area contributed by atoms with Gasteiger partial charge < -0.3 is 9.80 Å². The number of hydrogen-bond donors (Lipinski definition) is 0. The van der Waals surface area contributed by atoms with Crippen LogP contribution in [0.5, 0.6) is 0 Å². The quantitative estimate of drug-likeness (QED) is 0.140. The molecule has 0 fully saturated rings. The normalized spacial score (nSPS) is 11.8. The number of rotatable bonds is 8. The Kier molecular flexibility index (Phi) is 8.98.